The fraction of sp³-hybridized carbons (Fsp3) is 0.957. The van der Waals surface area contributed by atoms with Crippen molar-refractivity contribution in [1.82, 2.24) is 0 Å². The zero-order chi connectivity index (χ0) is 21.7. The molecule has 0 saturated carbocycles. The molecule has 0 aliphatic carbocycles. The first kappa shape index (κ1) is 28.3. The van der Waals surface area contributed by atoms with E-state index in [9.17, 15) is 4.79 Å². The molecule has 6 heteroatoms. The van der Waals surface area contributed by atoms with Crippen molar-refractivity contribution in [3.05, 3.63) is 0 Å². The molecule has 0 fully saturated rings. The predicted molar refractivity (Wildman–Crippen MR) is 116 cm³/mol. The second-order valence-corrected chi connectivity index (χ2v) is 7.46. The Bertz CT molecular complexity index is 363. The van der Waals surface area contributed by atoms with E-state index in [0.29, 0.717) is 39.6 Å². The summed E-state index contributed by atoms with van der Waals surface area (Å²) in [5, 5.41) is 0. The summed E-state index contributed by atoms with van der Waals surface area (Å²) in [7, 11) is 0. The van der Waals surface area contributed by atoms with Crippen molar-refractivity contribution >= 4 is 5.97 Å². The van der Waals surface area contributed by atoms with Crippen LogP contribution in [0.3, 0.4) is 0 Å². The van der Waals surface area contributed by atoms with E-state index < -0.39 is 12.2 Å². The highest BCUT2D eigenvalue weighted by Gasteiger charge is 2.34. The molecule has 3 unspecified atom stereocenters. The third-order valence-corrected chi connectivity index (χ3v) is 4.54. The molecular formula is C23H46O6. The van der Waals surface area contributed by atoms with E-state index in [-0.39, 0.29) is 12.1 Å². The van der Waals surface area contributed by atoms with Gasteiger partial charge in [-0.3, -0.25) is 4.79 Å². The van der Waals surface area contributed by atoms with E-state index in [2.05, 4.69) is 27.7 Å². The molecule has 6 nitrogen and oxygen atoms in total. The molecule has 0 bridgehead atoms. The first-order valence-electron chi connectivity index (χ1n) is 11.7. The van der Waals surface area contributed by atoms with Gasteiger partial charge in [-0.2, -0.15) is 0 Å². The molecule has 3 atom stereocenters. The highest BCUT2D eigenvalue weighted by Crippen LogP contribution is 2.16. The Labute approximate surface area is 178 Å². The highest BCUT2D eigenvalue weighted by molar-refractivity contribution is 5.66. The quantitative estimate of drug-likeness (QED) is 0.195. The Hall–Kier alpha value is -0.690. The molecule has 0 aromatic rings. The number of hydrogen-bond donors (Lipinski definition) is 0. The maximum atomic E-state index is 11.8. The van der Waals surface area contributed by atoms with E-state index in [1.165, 1.54) is 6.92 Å². The van der Waals surface area contributed by atoms with Gasteiger partial charge in [-0.1, -0.05) is 53.4 Å². The minimum Gasteiger partial charge on any atom is -0.457 e. The number of esters is 1. The molecule has 0 spiro atoms. The lowest BCUT2D eigenvalue weighted by atomic mass is 10.1. The van der Waals surface area contributed by atoms with Gasteiger partial charge in [-0.05, 0) is 25.7 Å². The summed E-state index contributed by atoms with van der Waals surface area (Å²) < 4.78 is 29.6. The average Bonchev–Trinajstić information content (AvgIpc) is 2.70. The summed E-state index contributed by atoms with van der Waals surface area (Å²) in [5.41, 5.74) is 0. The van der Waals surface area contributed by atoms with Crippen LogP contribution in [0.1, 0.15) is 86.0 Å². The third kappa shape index (κ3) is 15.8. The van der Waals surface area contributed by atoms with Crippen LogP contribution in [-0.4, -0.2) is 63.9 Å². The lowest BCUT2D eigenvalue weighted by Gasteiger charge is -2.33. The fourth-order valence-electron chi connectivity index (χ4n) is 2.74. The Kier molecular flexibility index (Phi) is 20.1. The fourth-order valence-corrected chi connectivity index (χ4v) is 2.74. The Morgan fingerprint density at radius 2 is 1.10 bits per heavy atom. The van der Waals surface area contributed by atoms with Gasteiger partial charge in [0, 0.05) is 33.4 Å². The van der Waals surface area contributed by atoms with E-state index in [1.807, 2.05) is 0 Å². The lowest BCUT2D eigenvalue weighted by Crippen LogP contribution is -2.48. The van der Waals surface area contributed by atoms with Crippen molar-refractivity contribution in [2.75, 3.05) is 39.6 Å². The van der Waals surface area contributed by atoms with Gasteiger partial charge >= 0.3 is 5.97 Å². The van der Waals surface area contributed by atoms with Gasteiger partial charge in [0.1, 0.15) is 12.2 Å². The highest BCUT2D eigenvalue weighted by atomic mass is 16.6. The summed E-state index contributed by atoms with van der Waals surface area (Å²) in [4.78, 5) is 11.8. The van der Waals surface area contributed by atoms with Crippen LogP contribution in [0.4, 0.5) is 0 Å². The van der Waals surface area contributed by atoms with Crippen molar-refractivity contribution in [3.63, 3.8) is 0 Å². The lowest BCUT2D eigenvalue weighted by molar-refractivity contribution is -0.182. The Balaban J connectivity index is 5.22. The largest absolute Gasteiger partial charge is 0.457 e. The number of carbonyl (C=O) groups is 1. The zero-order valence-corrected chi connectivity index (χ0v) is 19.6. The van der Waals surface area contributed by atoms with Crippen LogP contribution in [0.15, 0.2) is 0 Å². The van der Waals surface area contributed by atoms with Gasteiger partial charge in [0.2, 0.25) is 0 Å². The normalized spacial score (nSPS) is 14.5. The van der Waals surface area contributed by atoms with Crippen LogP contribution in [-0.2, 0) is 28.5 Å². The smallest absolute Gasteiger partial charge is 0.303 e. The summed E-state index contributed by atoms with van der Waals surface area (Å²) in [5.74, 6) is -0.336. The molecule has 29 heavy (non-hydrogen) atoms. The monoisotopic (exact) mass is 418 g/mol. The third-order valence-electron chi connectivity index (χ3n) is 4.54. The number of ether oxygens (including phenoxy) is 5. The second kappa shape index (κ2) is 20.6. The standard InChI is InChI=1S/C23H46O6/c1-6-10-14-25-18-21(27-16-12-8-3)23(28-17-13-9-4)22(29-20(5)24)19-26-15-11-7-2/h21-23H,6-19H2,1-5H3. The van der Waals surface area contributed by atoms with Gasteiger partial charge in [0.15, 0.2) is 6.10 Å². The van der Waals surface area contributed by atoms with E-state index >= 15 is 0 Å². The summed E-state index contributed by atoms with van der Waals surface area (Å²) in [6.07, 6.45) is 6.91. The number of rotatable bonds is 21. The summed E-state index contributed by atoms with van der Waals surface area (Å²) in [6.45, 7) is 13.2. The molecule has 0 aliphatic heterocycles. The van der Waals surface area contributed by atoms with Crippen LogP contribution in [0.25, 0.3) is 0 Å². The van der Waals surface area contributed by atoms with Crippen molar-refractivity contribution in [2.45, 2.75) is 104 Å². The van der Waals surface area contributed by atoms with Crippen molar-refractivity contribution in [3.8, 4) is 0 Å². The molecule has 0 rings (SSSR count). The van der Waals surface area contributed by atoms with E-state index in [0.717, 1.165) is 51.4 Å². The van der Waals surface area contributed by atoms with Crippen LogP contribution in [0.5, 0.6) is 0 Å². The second-order valence-electron chi connectivity index (χ2n) is 7.46. The van der Waals surface area contributed by atoms with Gasteiger partial charge in [0.05, 0.1) is 13.2 Å². The predicted octanol–water partition coefficient (Wildman–Crippen LogP) is 4.92. The van der Waals surface area contributed by atoms with Crippen LogP contribution >= 0.6 is 0 Å². The van der Waals surface area contributed by atoms with E-state index in [4.69, 9.17) is 23.7 Å². The summed E-state index contributed by atoms with van der Waals surface area (Å²) in [6, 6.07) is 0. The molecule has 0 aliphatic rings. The minimum atomic E-state index is -0.511. The van der Waals surface area contributed by atoms with Crippen LogP contribution < -0.4 is 0 Å². The topological polar surface area (TPSA) is 63.2 Å². The minimum absolute atomic E-state index is 0.297. The number of unbranched alkanes of at least 4 members (excludes halogenated alkanes) is 4. The van der Waals surface area contributed by atoms with Crippen molar-refractivity contribution in [2.24, 2.45) is 0 Å². The van der Waals surface area contributed by atoms with Gasteiger partial charge in [0.25, 0.3) is 0 Å². The number of carbonyl (C=O) groups excluding carboxylic acids is 1. The molecule has 174 valence electrons. The Morgan fingerprint density at radius 3 is 1.59 bits per heavy atom. The molecule has 0 N–H and O–H groups in total. The molecule has 0 aromatic heterocycles. The summed E-state index contributed by atoms with van der Waals surface area (Å²) >= 11 is 0. The molecule has 0 saturated heterocycles. The van der Waals surface area contributed by atoms with E-state index in [1.54, 1.807) is 0 Å². The molecular weight excluding hydrogens is 372 g/mol. The van der Waals surface area contributed by atoms with Crippen LogP contribution in [0, 0.1) is 0 Å². The zero-order valence-electron chi connectivity index (χ0n) is 19.6. The van der Waals surface area contributed by atoms with Crippen molar-refractivity contribution in [1.29, 1.82) is 0 Å². The first-order valence-corrected chi connectivity index (χ1v) is 11.7. The van der Waals surface area contributed by atoms with Crippen molar-refractivity contribution < 1.29 is 28.5 Å². The molecule has 0 amide bonds. The van der Waals surface area contributed by atoms with Gasteiger partial charge < -0.3 is 23.7 Å². The SMILES string of the molecule is CCCCOCC(OCCCC)C(OCCCC)C(COCCCC)OC(C)=O. The van der Waals surface area contributed by atoms with Gasteiger partial charge in [-0.15, -0.1) is 0 Å². The number of hydrogen-bond acceptors (Lipinski definition) is 6. The molecule has 0 radical (unpaired) electrons. The Morgan fingerprint density at radius 1 is 0.655 bits per heavy atom. The average molecular weight is 419 g/mol. The maximum Gasteiger partial charge on any atom is 0.303 e. The van der Waals surface area contributed by atoms with Crippen LogP contribution in [0.2, 0.25) is 0 Å². The first-order chi connectivity index (χ1) is 14.1. The molecule has 0 heterocycles. The maximum absolute atomic E-state index is 11.8. The molecule has 0 aromatic carbocycles. The van der Waals surface area contributed by atoms with Gasteiger partial charge in [-0.25, -0.2) is 0 Å².